The summed E-state index contributed by atoms with van der Waals surface area (Å²) in [5.74, 6) is 0. The Hall–Kier alpha value is -0.900. The molecule has 3 heteroatoms. The monoisotopic (exact) mass is 262 g/mol. The minimum atomic E-state index is 0.264. The predicted molar refractivity (Wildman–Crippen MR) is 79.1 cm³/mol. The van der Waals surface area contributed by atoms with E-state index >= 15 is 0 Å². The lowest BCUT2D eigenvalue weighted by atomic mass is 10.0. The van der Waals surface area contributed by atoms with Gasteiger partial charge in [-0.1, -0.05) is 24.3 Å². The minimum Gasteiger partial charge on any atom is -0.385 e. The number of rotatable bonds is 6. The van der Waals surface area contributed by atoms with Crippen molar-refractivity contribution in [3.05, 3.63) is 35.4 Å². The molecule has 2 rings (SSSR count). The van der Waals surface area contributed by atoms with Gasteiger partial charge in [0.25, 0.3) is 0 Å². The molecule has 19 heavy (non-hydrogen) atoms. The van der Waals surface area contributed by atoms with Gasteiger partial charge in [-0.2, -0.15) is 0 Å². The van der Waals surface area contributed by atoms with Crippen molar-refractivity contribution < 1.29 is 4.74 Å². The highest BCUT2D eigenvalue weighted by atomic mass is 16.5. The standard InChI is InChI=1S/C16H26N2O/c1-19-11-5-9-16(17)13-18-10-4-8-14-6-2-3-7-15(14)12-18/h2-3,6-7,16H,4-5,8-13,17H2,1H3. The maximum absolute atomic E-state index is 6.22. The van der Waals surface area contributed by atoms with Crippen molar-refractivity contribution in [1.29, 1.82) is 0 Å². The quantitative estimate of drug-likeness (QED) is 0.799. The first-order chi connectivity index (χ1) is 9.29. The number of hydrogen-bond donors (Lipinski definition) is 1. The van der Waals surface area contributed by atoms with E-state index in [4.69, 9.17) is 10.5 Å². The van der Waals surface area contributed by atoms with E-state index in [-0.39, 0.29) is 6.04 Å². The molecule has 3 nitrogen and oxygen atoms in total. The SMILES string of the molecule is COCCCC(N)CN1CCCc2ccccc2C1. The summed E-state index contributed by atoms with van der Waals surface area (Å²) in [6.45, 7) is 4.02. The van der Waals surface area contributed by atoms with Gasteiger partial charge in [0.15, 0.2) is 0 Å². The van der Waals surface area contributed by atoms with Gasteiger partial charge >= 0.3 is 0 Å². The van der Waals surface area contributed by atoms with Gasteiger partial charge in [0.05, 0.1) is 0 Å². The third-order valence-corrected chi connectivity index (χ3v) is 3.85. The minimum absolute atomic E-state index is 0.264. The van der Waals surface area contributed by atoms with Crippen LogP contribution in [0.4, 0.5) is 0 Å². The molecule has 0 saturated heterocycles. The lowest BCUT2D eigenvalue weighted by molar-refractivity contribution is 0.184. The van der Waals surface area contributed by atoms with Crippen molar-refractivity contribution in [2.45, 2.75) is 38.3 Å². The summed E-state index contributed by atoms with van der Waals surface area (Å²) in [7, 11) is 1.75. The number of nitrogens with two attached hydrogens (primary N) is 1. The molecular formula is C16H26N2O. The normalized spacial score (nSPS) is 17.8. The fourth-order valence-electron chi connectivity index (χ4n) is 2.84. The topological polar surface area (TPSA) is 38.5 Å². The van der Waals surface area contributed by atoms with E-state index < -0.39 is 0 Å². The van der Waals surface area contributed by atoms with Crippen LogP contribution < -0.4 is 5.73 Å². The third-order valence-electron chi connectivity index (χ3n) is 3.85. The molecule has 1 heterocycles. The first-order valence-corrected chi connectivity index (χ1v) is 7.33. The first-order valence-electron chi connectivity index (χ1n) is 7.33. The van der Waals surface area contributed by atoms with E-state index in [0.717, 1.165) is 39.1 Å². The lowest BCUT2D eigenvalue weighted by Crippen LogP contribution is -2.37. The molecule has 2 N–H and O–H groups in total. The molecular weight excluding hydrogens is 236 g/mol. The second-order valence-electron chi connectivity index (χ2n) is 5.50. The smallest absolute Gasteiger partial charge is 0.0462 e. The molecule has 1 aromatic carbocycles. The van der Waals surface area contributed by atoms with E-state index in [1.54, 1.807) is 7.11 Å². The molecule has 1 aliphatic heterocycles. The molecule has 0 aromatic heterocycles. The average molecular weight is 262 g/mol. The highest BCUT2D eigenvalue weighted by Gasteiger charge is 2.16. The summed E-state index contributed by atoms with van der Waals surface area (Å²) in [5, 5.41) is 0. The highest BCUT2D eigenvalue weighted by molar-refractivity contribution is 5.28. The Morgan fingerprint density at radius 1 is 1.32 bits per heavy atom. The van der Waals surface area contributed by atoms with E-state index in [2.05, 4.69) is 29.2 Å². The van der Waals surface area contributed by atoms with E-state index in [1.807, 2.05) is 0 Å². The van der Waals surface area contributed by atoms with E-state index in [0.29, 0.717) is 0 Å². The van der Waals surface area contributed by atoms with Crippen molar-refractivity contribution in [1.82, 2.24) is 4.90 Å². The second kappa shape index (κ2) is 7.63. The first kappa shape index (κ1) is 14.5. The Morgan fingerprint density at radius 3 is 2.89 bits per heavy atom. The van der Waals surface area contributed by atoms with Crippen molar-refractivity contribution >= 4 is 0 Å². The molecule has 0 aliphatic carbocycles. The van der Waals surface area contributed by atoms with Crippen LogP contribution in [0.2, 0.25) is 0 Å². The van der Waals surface area contributed by atoms with Crippen LogP contribution in [-0.2, 0) is 17.7 Å². The highest BCUT2D eigenvalue weighted by Crippen LogP contribution is 2.18. The molecule has 1 aromatic rings. The number of nitrogens with zero attached hydrogens (tertiary/aromatic N) is 1. The number of fused-ring (bicyclic) bond motifs is 1. The zero-order chi connectivity index (χ0) is 13.5. The maximum Gasteiger partial charge on any atom is 0.0462 e. The summed E-state index contributed by atoms with van der Waals surface area (Å²) >= 11 is 0. The van der Waals surface area contributed by atoms with Crippen molar-refractivity contribution in [3.63, 3.8) is 0 Å². The Balaban J connectivity index is 1.84. The van der Waals surface area contributed by atoms with Crippen LogP contribution in [-0.4, -0.2) is 37.7 Å². The molecule has 0 spiro atoms. The summed E-state index contributed by atoms with van der Waals surface area (Å²) in [4.78, 5) is 2.50. The zero-order valence-corrected chi connectivity index (χ0v) is 12.0. The Kier molecular flexibility index (Phi) is 5.83. The van der Waals surface area contributed by atoms with Crippen molar-refractivity contribution in [2.75, 3.05) is 26.8 Å². The number of methoxy groups -OCH3 is 1. The van der Waals surface area contributed by atoms with Gasteiger partial charge in [-0.05, 0) is 43.4 Å². The summed E-state index contributed by atoms with van der Waals surface area (Å²) in [5.41, 5.74) is 9.21. The Morgan fingerprint density at radius 2 is 2.11 bits per heavy atom. The van der Waals surface area contributed by atoms with Crippen LogP contribution in [0.3, 0.4) is 0 Å². The van der Waals surface area contributed by atoms with Crippen molar-refractivity contribution in [3.8, 4) is 0 Å². The van der Waals surface area contributed by atoms with E-state index in [9.17, 15) is 0 Å². The second-order valence-corrected chi connectivity index (χ2v) is 5.50. The Bertz CT molecular complexity index is 381. The van der Waals surface area contributed by atoms with Gasteiger partial charge in [0.1, 0.15) is 0 Å². The average Bonchev–Trinajstić information content (AvgIpc) is 2.60. The van der Waals surface area contributed by atoms with E-state index in [1.165, 1.54) is 24.0 Å². The fourth-order valence-corrected chi connectivity index (χ4v) is 2.84. The summed E-state index contributed by atoms with van der Waals surface area (Å²) in [6.07, 6.45) is 4.54. The number of aryl methyl sites for hydroxylation is 1. The van der Waals surface area contributed by atoms with Crippen LogP contribution in [0.15, 0.2) is 24.3 Å². The van der Waals surface area contributed by atoms with Crippen LogP contribution in [0, 0.1) is 0 Å². The van der Waals surface area contributed by atoms with Gasteiger partial charge in [-0.15, -0.1) is 0 Å². The summed E-state index contributed by atoms with van der Waals surface area (Å²) < 4.78 is 5.08. The van der Waals surface area contributed by atoms with Crippen LogP contribution in [0.1, 0.15) is 30.4 Å². The molecule has 0 fully saturated rings. The van der Waals surface area contributed by atoms with Gasteiger partial charge in [0, 0.05) is 32.8 Å². The molecule has 0 radical (unpaired) electrons. The largest absolute Gasteiger partial charge is 0.385 e. The number of benzene rings is 1. The number of hydrogen-bond acceptors (Lipinski definition) is 3. The Labute approximate surface area is 116 Å². The van der Waals surface area contributed by atoms with Crippen LogP contribution in [0.25, 0.3) is 0 Å². The molecule has 1 atom stereocenters. The molecule has 106 valence electrons. The molecule has 1 unspecified atom stereocenters. The van der Waals surface area contributed by atoms with Crippen LogP contribution in [0.5, 0.6) is 0 Å². The maximum atomic E-state index is 6.22. The van der Waals surface area contributed by atoms with Crippen LogP contribution >= 0.6 is 0 Å². The molecule has 0 amide bonds. The predicted octanol–water partition coefficient (Wildman–Crippen LogP) is 2.19. The van der Waals surface area contributed by atoms with Gasteiger partial charge in [-0.3, -0.25) is 4.90 Å². The van der Waals surface area contributed by atoms with Gasteiger partial charge in [0.2, 0.25) is 0 Å². The molecule has 0 saturated carbocycles. The molecule has 1 aliphatic rings. The van der Waals surface area contributed by atoms with Gasteiger partial charge in [-0.25, -0.2) is 0 Å². The third kappa shape index (κ3) is 4.60. The summed E-state index contributed by atoms with van der Waals surface area (Å²) in [6, 6.07) is 9.06. The fraction of sp³-hybridized carbons (Fsp3) is 0.625. The lowest BCUT2D eigenvalue weighted by Gasteiger charge is -2.24. The van der Waals surface area contributed by atoms with Gasteiger partial charge < -0.3 is 10.5 Å². The number of ether oxygens (including phenoxy) is 1. The molecule has 0 bridgehead atoms. The van der Waals surface area contributed by atoms with Crippen molar-refractivity contribution in [2.24, 2.45) is 5.73 Å². The zero-order valence-electron chi connectivity index (χ0n) is 12.0.